The van der Waals surface area contributed by atoms with Crippen LogP contribution in [0.4, 0.5) is 4.79 Å². The van der Waals surface area contributed by atoms with Crippen molar-refractivity contribution in [3.05, 3.63) is 65.7 Å². The molecule has 0 spiro atoms. The number of phenolic OH excluding ortho intramolecular Hbond substituents is 1. The van der Waals surface area contributed by atoms with Crippen molar-refractivity contribution < 1.29 is 43.3 Å². The number of aromatic hydroxyl groups is 1. The van der Waals surface area contributed by atoms with Crippen LogP contribution in [0.3, 0.4) is 0 Å². The second kappa shape index (κ2) is 18.9. The highest BCUT2D eigenvalue weighted by molar-refractivity contribution is 7.96. The normalized spacial score (nSPS) is 12.6. The first-order valence-electron chi connectivity index (χ1n) is 14.1. The molecule has 0 heterocycles. The molecular weight excluding hydrogens is 606 g/mol. The Balaban J connectivity index is 1.95. The SMILES string of the molecule is CC(C)CC(NC(=O)C(Cc1ccccc1)NC(=O)CNC(=O)CNC(=O)C(N)Cc1ccc(O)cc1)C(=O)OCOC(=O)S. The number of rotatable bonds is 17. The predicted molar refractivity (Wildman–Crippen MR) is 166 cm³/mol. The van der Waals surface area contributed by atoms with Crippen molar-refractivity contribution >= 4 is 47.5 Å². The molecule has 4 amide bonds. The topological polar surface area (TPSA) is 215 Å². The summed E-state index contributed by atoms with van der Waals surface area (Å²) in [6.07, 6.45) is 0.452. The lowest BCUT2D eigenvalue weighted by Gasteiger charge is -2.24. The van der Waals surface area contributed by atoms with Gasteiger partial charge in [-0.2, -0.15) is 0 Å². The first-order chi connectivity index (χ1) is 21.3. The van der Waals surface area contributed by atoms with E-state index in [-0.39, 0.29) is 30.9 Å². The van der Waals surface area contributed by atoms with Crippen LogP contribution in [-0.2, 0) is 46.3 Å². The van der Waals surface area contributed by atoms with Crippen molar-refractivity contribution in [3.63, 3.8) is 0 Å². The van der Waals surface area contributed by atoms with E-state index in [0.717, 1.165) is 11.1 Å². The van der Waals surface area contributed by atoms with Crippen molar-refractivity contribution in [1.29, 1.82) is 0 Å². The molecule has 7 N–H and O–H groups in total. The van der Waals surface area contributed by atoms with Crippen LogP contribution in [0.25, 0.3) is 0 Å². The molecule has 45 heavy (non-hydrogen) atoms. The van der Waals surface area contributed by atoms with Crippen molar-refractivity contribution in [2.75, 3.05) is 19.9 Å². The van der Waals surface area contributed by atoms with Crippen LogP contribution in [0.5, 0.6) is 5.75 Å². The van der Waals surface area contributed by atoms with Crippen LogP contribution in [0, 0.1) is 5.92 Å². The Kier molecular flexibility index (Phi) is 15.4. The number of phenols is 1. The number of thiol groups is 1. The van der Waals surface area contributed by atoms with E-state index < -0.39 is 72.9 Å². The molecule has 14 nitrogen and oxygen atoms in total. The predicted octanol–water partition coefficient (Wildman–Crippen LogP) is 0.320. The molecule has 0 aliphatic rings. The maximum Gasteiger partial charge on any atom is 0.367 e. The molecule has 2 aromatic carbocycles. The Labute approximate surface area is 266 Å². The third-order valence-corrected chi connectivity index (χ3v) is 6.35. The molecule has 3 atom stereocenters. The van der Waals surface area contributed by atoms with E-state index >= 15 is 0 Å². The zero-order chi connectivity index (χ0) is 33.4. The Morgan fingerprint density at radius 1 is 0.778 bits per heavy atom. The number of carbonyl (C=O) groups is 6. The third-order valence-electron chi connectivity index (χ3n) is 6.22. The standard InChI is InChI=1S/C30H39N5O9S/c1-18(2)12-24(29(41)43-17-44-30(42)45)35-28(40)23(14-19-6-4-3-5-7-19)34-26(38)16-32-25(37)15-33-27(39)22(31)13-20-8-10-21(36)11-9-20/h3-11,18,22-24,36H,12-17,31H2,1-2H3,(H,32,37)(H,33,39)(H,34,38)(H,35,40)(H,42,45). The van der Waals surface area contributed by atoms with Crippen LogP contribution < -0.4 is 27.0 Å². The Bertz CT molecular complexity index is 1310. The zero-order valence-corrected chi connectivity index (χ0v) is 25.9. The number of amides is 4. The first kappa shape index (κ1) is 36.6. The summed E-state index contributed by atoms with van der Waals surface area (Å²) >= 11 is 3.43. The minimum absolute atomic E-state index is 0.0319. The molecule has 244 valence electrons. The minimum Gasteiger partial charge on any atom is -0.508 e. The number of nitrogens with two attached hydrogens (primary N) is 1. The highest BCUT2D eigenvalue weighted by atomic mass is 32.1. The van der Waals surface area contributed by atoms with Gasteiger partial charge >= 0.3 is 11.3 Å². The summed E-state index contributed by atoms with van der Waals surface area (Å²) in [4.78, 5) is 74.1. The Morgan fingerprint density at radius 3 is 2.02 bits per heavy atom. The number of hydrogen-bond acceptors (Lipinski definition) is 10. The van der Waals surface area contributed by atoms with Crippen LogP contribution in [0.2, 0.25) is 0 Å². The van der Waals surface area contributed by atoms with E-state index in [1.165, 1.54) is 12.1 Å². The Hall–Kier alpha value is -4.63. The van der Waals surface area contributed by atoms with Gasteiger partial charge in [0, 0.05) is 6.42 Å². The number of ether oxygens (including phenoxy) is 2. The van der Waals surface area contributed by atoms with Crippen molar-refractivity contribution in [3.8, 4) is 5.75 Å². The summed E-state index contributed by atoms with van der Waals surface area (Å²) < 4.78 is 9.43. The summed E-state index contributed by atoms with van der Waals surface area (Å²) in [5.74, 6) is -3.42. The molecule has 2 rings (SSSR count). The van der Waals surface area contributed by atoms with E-state index in [4.69, 9.17) is 10.5 Å². The second-order valence-electron chi connectivity index (χ2n) is 10.5. The van der Waals surface area contributed by atoms with Crippen LogP contribution >= 0.6 is 12.6 Å². The average Bonchev–Trinajstić information content (AvgIpc) is 2.99. The number of benzene rings is 2. The van der Waals surface area contributed by atoms with Gasteiger partial charge in [-0.3, -0.25) is 19.2 Å². The lowest BCUT2D eigenvalue weighted by atomic mass is 10.0. The van der Waals surface area contributed by atoms with Crippen LogP contribution in [0.1, 0.15) is 31.4 Å². The second-order valence-corrected chi connectivity index (χ2v) is 10.8. The Morgan fingerprint density at radius 2 is 1.40 bits per heavy atom. The van der Waals surface area contributed by atoms with Gasteiger partial charge < -0.3 is 41.6 Å². The maximum absolute atomic E-state index is 13.3. The van der Waals surface area contributed by atoms with Gasteiger partial charge in [-0.05, 0) is 42.0 Å². The molecule has 0 aliphatic carbocycles. The average molecular weight is 646 g/mol. The maximum atomic E-state index is 13.3. The van der Waals surface area contributed by atoms with Crippen LogP contribution in [-0.4, -0.2) is 78.0 Å². The van der Waals surface area contributed by atoms with Crippen molar-refractivity contribution in [2.45, 2.75) is 51.2 Å². The monoisotopic (exact) mass is 645 g/mol. The molecule has 0 radical (unpaired) electrons. The summed E-state index contributed by atoms with van der Waals surface area (Å²) in [7, 11) is 0. The lowest BCUT2D eigenvalue weighted by molar-refractivity contribution is -0.155. The van der Waals surface area contributed by atoms with E-state index in [1.54, 1.807) is 42.5 Å². The van der Waals surface area contributed by atoms with Crippen molar-refractivity contribution in [2.24, 2.45) is 11.7 Å². The lowest BCUT2D eigenvalue weighted by Crippen LogP contribution is -2.54. The molecule has 0 fully saturated rings. The first-order valence-corrected chi connectivity index (χ1v) is 14.5. The zero-order valence-electron chi connectivity index (χ0n) is 25.0. The third kappa shape index (κ3) is 14.6. The smallest absolute Gasteiger partial charge is 0.367 e. The van der Waals surface area contributed by atoms with Crippen LogP contribution in [0.15, 0.2) is 54.6 Å². The number of nitrogens with one attached hydrogen (secondary N) is 4. The molecule has 0 aromatic heterocycles. The summed E-state index contributed by atoms with van der Waals surface area (Å²) in [6, 6.07) is 11.8. The highest BCUT2D eigenvalue weighted by Crippen LogP contribution is 2.11. The fourth-order valence-electron chi connectivity index (χ4n) is 4.02. The largest absolute Gasteiger partial charge is 0.508 e. The van der Waals surface area contributed by atoms with E-state index in [0.29, 0.717) is 0 Å². The molecule has 3 unspecified atom stereocenters. The van der Waals surface area contributed by atoms with E-state index in [2.05, 4.69) is 38.6 Å². The molecule has 0 aliphatic heterocycles. The fraction of sp³-hybridized carbons (Fsp3) is 0.400. The number of esters is 1. The molecule has 0 saturated carbocycles. The fourth-order valence-corrected chi connectivity index (χ4v) is 4.07. The van der Waals surface area contributed by atoms with E-state index in [1.807, 2.05) is 13.8 Å². The quantitative estimate of drug-likeness (QED) is 0.0710. The molecule has 15 heteroatoms. The summed E-state index contributed by atoms with van der Waals surface area (Å²) in [5.41, 5.74) is 7.34. The van der Waals surface area contributed by atoms with Gasteiger partial charge in [-0.15, -0.1) is 0 Å². The molecule has 2 aromatic rings. The van der Waals surface area contributed by atoms with Gasteiger partial charge in [0.2, 0.25) is 30.4 Å². The molecular formula is C30H39N5O9S. The highest BCUT2D eigenvalue weighted by Gasteiger charge is 2.29. The van der Waals surface area contributed by atoms with Gasteiger partial charge in [0.25, 0.3) is 0 Å². The van der Waals surface area contributed by atoms with Gasteiger partial charge in [0.15, 0.2) is 0 Å². The van der Waals surface area contributed by atoms with Gasteiger partial charge in [0.1, 0.15) is 17.8 Å². The van der Waals surface area contributed by atoms with E-state index in [9.17, 15) is 33.9 Å². The summed E-state index contributed by atoms with van der Waals surface area (Å²) in [5, 5.41) is 18.4. The van der Waals surface area contributed by atoms with Crippen molar-refractivity contribution in [1.82, 2.24) is 21.3 Å². The van der Waals surface area contributed by atoms with Gasteiger partial charge in [-0.1, -0.05) is 68.9 Å². The molecule has 0 saturated heterocycles. The summed E-state index contributed by atoms with van der Waals surface area (Å²) in [6.45, 7) is 2.04. The number of hydrogen-bond donors (Lipinski definition) is 7. The minimum atomic E-state index is -1.13. The number of carbonyl (C=O) groups excluding carboxylic acids is 6. The van der Waals surface area contributed by atoms with Gasteiger partial charge in [-0.25, -0.2) is 9.59 Å². The molecule has 0 bridgehead atoms. The van der Waals surface area contributed by atoms with Gasteiger partial charge in [0.05, 0.1) is 19.1 Å².